The van der Waals surface area contributed by atoms with E-state index in [1.54, 1.807) is 6.20 Å². The molecule has 17 heavy (non-hydrogen) atoms. The average Bonchev–Trinajstić information content (AvgIpc) is 2.29. The fourth-order valence-electron chi connectivity index (χ4n) is 1.61. The molecular weight excluding hydrogens is 214 g/mol. The fourth-order valence-corrected chi connectivity index (χ4v) is 1.61. The lowest BCUT2D eigenvalue weighted by molar-refractivity contribution is 0.0627. The first-order chi connectivity index (χ1) is 8.13. The quantitative estimate of drug-likeness (QED) is 0.787. The van der Waals surface area contributed by atoms with Crippen LogP contribution in [0.15, 0.2) is 18.3 Å². The van der Waals surface area contributed by atoms with Crippen LogP contribution in [0.3, 0.4) is 0 Å². The maximum Gasteiger partial charge on any atom is 0.130 e. The highest BCUT2D eigenvalue weighted by molar-refractivity contribution is 5.42. The minimum absolute atomic E-state index is 0.301. The van der Waals surface area contributed by atoms with Gasteiger partial charge >= 0.3 is 0 Å². The van der Waals surface area contributed by atoms with Crippen molar-refractivity contribution in [1.82, 2.24) is 9.88 Å². The second-order valence-corrected chi connectivity index (χ2v) is 4.42. The zero-order chi connectivity index (χ0) is 12.7. The molecule has 0 amide bonds. The van der Waals surface area contributed by atoms with Crippen molar-refractivity contribution in [3.8, 4) is 0 Å². The fraction of sp³-hybridized carbons (Fsp3) is 0.615. The zero-order valence-electron chi connectivity index (χ0n) is 11.2. The third kappa shape index (κ3) is 5.15. The lowest BCUT2D eigenvalue weighted by Gasteiger charge is -2.18. The largest absolute Gasteiger partial charge is 0.377 e. The summed E-state index contributed by atoms with van der Waals surface area (Å²) in [5.41, 5.74) is 1.21. The van der Waals surface area contributed by atoms with Gasteiger partial charge in [0.2, 0.25) is 0 Å². The molecule has 96 valence electrons. The number of rotatable bonds is 7. The molecule has 0 spiro atoms. The molecule has 1 N–H and O–H groups in total. The average molecular weight is 237 g/mol. The van der Waals surface area contributed by atoms with Gasteiger partial charge in [0, 0.05) is 31.9 Å². The van der Waals surface area contributed by atoms with Crippen molar-refractivity contribution in [3.05, 3.63) is 23.9 Å². The lowest BCUT2D eigenvalue weighted by Crippen LogP contribution is -2.24. The minimum atomic E-state index is 0.301. The van der Waals surface area contributed by atoms with E-state index < -0.39 is 0 Å². The monoisotopic (exact) mass is 237 g/mol. The third-order valence-corrected chi connectivity index (χ3v) is 2.49. The molecular formula is C13H23N3O. The molecule has 0 aliphatic rings. The van der Waals surface area contributed by atoms with Crippen molar-refractivity contribution in [2.45, 2.75) is 26.5 Å². The third-order valence-electron chi connectivity index (χ3n) is 2.49. The summed E-state index contributed by atoms with van der Waals surface area (Å²) in [6.45, 7) is 6.69. The van der Waals surface area contributed by atoms with Crippen molar-refractivity contribution in [3.63, 3.8) is 0 Å². The van der Waals surface area contributed by atoms with Crippen molar-refractivity contribution >= 4 is 5.82 Å². The number of hydrogen-bond donors (Lipinski definition) is 1. The molecule has 0 radical (unpaired) electrons. The van der Waals surface area contributed by atoms with Gasteiger partial charge in [-0.2, -0.15) is 0 Å². The first-order valence-corrected chi connectivity index (χ1v) is 6.05. The molecule has 4 nitrogen and oxygen atoms in total. The molecule has 1 aromatic rings. The summed E-state index contributed by atoms with van der Waals surface area (Å²) in [5.74, 6) is 0.948. The molecule has 0 aliphatic carbocycles. The van der Waals surface area contributed by atoms with Crippen LogP contribution in [0.5, 0.6) is 0 Å². The Morgan fingerprint density at radius 3 is 2.88 bits per heavy atom. The van der Waals surface area contributed by atoms with E-state index in [1.165, 1.54) is 5.56 Å². The Bertz CT molecular complexity index is 328. The van der Waals surface area contributed by atoms with Gasteiger partial charge in [-0.15, -0.1) is 0 Å². The summed E-state index contributed by atoms with van der Waals surface area (Å²) >= 11 is 0. The Hall–Kier alpha value is -1.13. The zero-order valence-corrected chi connectivity index (χ0v) is 11.2. The highest BCUT2D eigenvalue weighted by Gasteiger charge is 2.05. The SMILES string of the molecule is CNc1ncccc1CN(C)CCOC(C)C. The number of pyridine rings is 1. The summed E-state index contributed by atoms with van der Waals surface area (Å²) in [7, 11) is 3.99. The molecule has 0 fully saturated rings. The Balaban J connectivity index is 2.41. The summed E-state index contributed by atoms with van der Waals surface area (Å²) < 4.78 is 5.53. The van der Waals surface area contributed by atoms with E-state index in [2.05, 4.69) is 42.2 Å². The van der Waals surface area contributed by atoms with Gasteiger partial charge in [-0.05, 0) is 27.0 Å². The standard InChI is InChI=1S/C13H23N3O/c1-11(2)17-9-8-16(4)10-12-6-5-7-15-13(12)14-3/h5-7,11H,8-10H2,1-4H3,(H,14,15). The van der Waals surface area contributed by atoms with Crippen LogP contribution in [0.25, 0.3) is 0 Å². The second-order valence-electron chi connectivity index (χ2n) is 4.42. The molecule has 1 heterocycles. The second kappa shape index (κ2) is 7.25. The van der Waals surface area contributed by atoms with Crippen molar-refractivity contribution in [2.75, 3.05) is 32.6 Å². The molecule has 0 saturated carbocycles. The van der Waals surface area contributed by atoms with Crippen LogP contribution < -0.4 is 5.32 Å². The van der Waals surface area contributed by atoms with E-state index in [4.69, 9.17) is 4.74 Å². The molecule has 0 bridgehead atoms. The van der Waals surface area contributed by atoms with E-state index in [0.717, 1.165) is 25.5 Å². The van der Waals surface area contributed by atoms with Crippen LogP contribution in [0.1, 0.15) is 19.4 Å². The normalized spacial score (nSPS) is 11.2. The lowest BCUT2D eigenvalue weighted by atomic mass is 10.2. The minimum Gasteiger partial charge on any atom is -0.377 e. The van der Waals surface area contributed by atoms with Gasteiger partial charge in [0.15, 0.2) is 0 Å². The molecule has 0 aromatic carbocycles. The highest BCUT2D eigenvalue weighted by Crippen LogP contribution is 2.12. The molecule has 0 saturated heterocycles. The van der Waals surface area contributed by atoms with Crippen LogP contribution in [-0.4, -0.2) is 43.2 Å². The van der Waals surface area contributed by atoms with Gasteiger partial charge < -0.3 is 10.1 Å². The Morgan fingerprint density at radius 1 is 1.47 bits per heavy atom. The maximum absolute atomic E-state index is 5.53. The van der Waals surface area contributed by atoms with Crippen molar-refractivity contribution in [1.29, 1.82) is 0 Å². The smallest absolute Gasteiger partial charge is 0.130 e. The number of nitrogens with one attached hydrogen (secondary N) is 1. The van der Waals surface area contributed by atoms with Crippen LogP contribution in [-0.2, 0) is 11.3 Å². The molecule has 0 unspecified atom stereocenters. The molecule has 4 heteroatoms. The highest BCUT2D eigenvalue weighted by atomic mass is 16.5. The van der Waals surface area contributed by atoms with Gasteiger partial charge in [0.25, 0.3) is 0 Å². The molecule has 0 atom stereocenters. The Morgan fingerprint density at radius 2 is 2.24 bits per heavy atom. The number of ether oxygens (including phenoxy) is 1. The number of likely N-dealkylation sites (N-methyl/N-ethyl adjacent to an activating group) is 1. The van der Waals surface area contributed by atoms with E-state index in [0.29, 0.717) is 6.10 Å². The van der Waals surface area contributed by atoms with Crippen LogP contribution in [0.2, 0.25) is 0 Å². The summed E-state index contributed by atoms with van der Waals surface area (Å²) in [4.78, 5) is 6.53. The predicted molar refractivity (Wildman–Crippen MR) is 71.2 cm³/mol. The van der Waals surface area contributed by atoms with Crippen LogP contribution in [0.4, 0.5) is 5.82 Å². The van der Waals surface area contributed by atoms with Gasteiger partial charge in [0.1, 0.15) is 5.82 Å². The van der Waals surface area contributed by atoms with Gasteiger partial charge in [0.05, 0.1) is 12.7 Å². The summed E-state index contributed by atoms with van der Waals surface area (Å²) in [5, 5.41) is 3.11. The van der Waals surface area contributed by atoms with E-state index in [-0.39, 0.29) is 0 Å². The van der Waals surface area contributed by atoms with E-state index >= 15 is 0 Å². The molecule has 1 aromatic heterocycles. The first kappa shape index (κ1) is 13.9. The van der Waals surface area contributed by atoms with Gasteiger partial charge in [-0.1, -0.05) is 6.07 Å². The number of hydrogen-bond acceptors (Lipinski definition) is 4. The number of nitrogens with zero attached hydrogens (tertiary/aromatic N) is 2. The first-order valence-electron chi connectivity index (χ1n) is 6.05. The van der Waals surface area contributed by atoms with Crippen LogP contribution >= 0.6 is 0 Å². The Kier molecular flexibility index (Phi) is 5.94. The van der Waals surface area contributed by atoms with Crippen molar-refractivity contribution in [2.24, 2.45) is 0 Å². The predicted octanol–water partition coefficient (Wildman–Crippen LogP) is 1.98. The maximum atomic E-state index is 5.53. The topological polar surface area (TPSA) is 37.4 Å². The molecule has 1 rings (SSSR count). The number of anilines is 1. The van der Waals surface area contributed by atoms with E-state index in [1.807, 2.05) is 13.1 Å². The van der Waals surface area contributed by atoms with Gasteiger partial charge in [-0.25, -0.2) is 4.98 Å². The Labute approximate surface area is 104 Å². The van der Waals surface area contributed by atoms with Crippen LogP contribution in [0, 0.1) is 0 Å². The summed E-state index contributed by atoms with van der Waals surface area (Å²) in [6, 6.07) is 4.06. The molecule has 0 aliphatic heterocycles. The van der Waals surface area contributed by atoms with E-state index in [9.17, 15) is 0 Å². The van der Waals surface area contributed by atoms with Gasteiger partial charge in [-0.3, -0.25) is 4.90 Å². The van der Waals surface area contributed by atoms with Crippen molar-refractivity contribution < 1.29 is 4.74 Å². The number of aromatic nitrogens is 1. The summed E-state index contributed by atoms with van der Waals surface area (Å²) in [6.07, 6.45) is 2.10.